The summed E-state index contributed by atoms with van der Waals surface area (Å²) < 4.78 is 5.24. The van der Waals surface area contributed by atoms with Crippen LogP contribution < -0.4 is 4.74 Å². The highest BCUT2D eigenvalue weighted by molar-refractivity contribution is 5.84. The Labute approximate surface area is 81.4 Å². The fraction of sp³-hybridized carbons (Fsp3) is 0. The molecule has 1 aliphatic rings. The Balaban J connectivity index is 2.24. The van der Waals surface area contributed by atoms with Gasteiger partial charge >= 0.3 is 0 Å². The summed E-state index contributed by atoms with van der Waals surface area (Å²) in [5.41, 5.74) is 1.78. The van der Waals surface area contributed by atoms with Gasteiger partial charge in [0.1, 0.15) is 5.75 Å². The Bertz CT molecular complexity index is 485. The monoisotopic (exact) mass is 184 g/mol. The molecule has 2 nitrogen and oxygen atoms in total. The summed E-state index contributed by atoms with van der Waals surface area (Å²) in [7, 11) is 0. The first-order valence-corrected chi connectivity index (χ1v) is 4.45. The van der Waals surface area contributed by atoms with E-state index in [1.165, 1.54) is 0 Å². The molecule has 2 aromatic carbocycles. The number of ether oxygens (including phenoxy) is 1. The number of hydrogen-bond acceptors (Lipinski definition) is 2. The number of rotatable bonds is 1. The molecule has 0 spiro atoms. The van der Waals surface area contributed by atoms with Gasteiger partial charge in [-0.25, -0.2) is 0 Å². The van der Waals surface area contributed by atoms with Crippen molar-refractivity contribution < 1.29 is 9.84 Å². The molecule has 2 aromatic rings. The van der Waals surface area contributed by atoms with Crippen LogP contribution in [-0.4, -0.2) is 5.11 Å². The minimum absolute atomic E-state index is 0.271. The molecule has 0 unspecified atom stereocenters. The van der Waals surface area contributed by atoms with Crippen LogP contribution in [0.3, 0.4) is 0 Å². The molecule has 14 heavy (non-hydrogen) atoms. The maximum absolute atomic E-state index is 9.70. The van der Waals surface area contributed by atoms with Crippen LogP contribution in [0.25, 0.3) is 11.1 Å². The molecule has 1 heterocycles. The smallest absolute Gasteiger partial charge is 0.181 e. The van der Waals surface area contributed by atoms with E-state index >= 15 is 0 Å². The van der Waals surface area contributed by atoms with Crippen molar-refractivity contribution in [2.24, 2.45) is 0 Å². The van der Waals surface area contributed by atoms with Gasteiger partial charge in [-0.1, -0.05) is 30.3 Å². The highest BCUT2D eigenvalue weighted by Crippen LogP contribution is 2.55. The fourth-order valence-corrected chi connectivity index (χ4v) is 1.61. The van der Waals surface area contributed by atoms with Crippen LogP contribution >= 0.6 is 0 Å². The lowest BCUT2D eigenvalue weighted by molar-refractivity contribution is 0.477. The number of hydrogen-bond donors (Lipinski definition) is 1. The number of benzene rings is 2. The minimum Gasteiger partial charge on any atom is -0.507 e. The Morgan fingerprint density at radius 1 is 0.929 bits per heavy atom. The van der Waals surface area contributed by atoms with E-state index in [0.717, 1.165) is 22.6 Å². The molecule has 3 rings (SSSR count). The molecule has 0 atom stereocenters. The Morgan fingerprint density at radius 3 is 2.50 bits per heavy atom. The van der Waals surface area contributed by atoms with Gasteiger partial charge in [-0.2, -0.15) is 0 Å². The average Bonchev–Trinajstić information content (AvgIpc) is 2.98. The van der Waals surface area contributed by atoms with Crippen LogP contribution in [0.1, 0.15) is 0 Å². The summed E-state index contributed by atoms with van der Waals surface area (Å²) in [6.07, 6.45) is 0. The fourth-order valence-electron chi connectivity index (χ4n) is 1.61. The van der Waals surface area contributed by atoms with Crippen LogP contribution in [0.5, 0.6) is 17.2 Å². The quantitative estimate of drug-likeness (QED) is 0.589. The van der Waals surface area contributed by atoms with Gasteiger partial charge in [-0.05, 0) is 17.7 Å². The predicted molar refractivity (Wildman–Crippen MR) is 53.6 cm³/mol. The number of phenolic OH excluding ortho intramolecular Hbond substituents is 1. The van der Waals surface area contributed by atoms with E-state index in [0.29, 0.717) is 0 Å². The molecule has 2 heteroatoms. The highest BCUT2D eigenvalue weighted by Gasteiger charge is 2.27. The van der Waals surface area contributed by atoms with Crippen molar-refractivity contribution in [3.8, 4) is 28.4 Å². The zero-order valence-electron chi connectivity index (χ0n) is 7.40. The van der Waals surface area contributed by atoms with E-state index < -0.39 is 0 Å². The second kappa shape index (κ2) is 2.51. The van der Waals surface area contributed by atoms with Crippen LogP contribution in [0.2, 0.25) is 0 Å². The molecule has 0 aliphatic carbocycles. The summed E-state index contributed by atoms with van der Waals surface area (Å²) in [4.78, 5) is 0. The molecule has 1 N–H and O–H groups in total. The second-order valence-corrected chi connectivity index (χ2v) is 3.26. The van der Waals surface area contributed by atoms with Crippen molar-refractivity contribution in [3.63, 3.8) is 0 Å². The van der Waals surface area contributed by atoms with Crippen LogP contribution in [0.4, 0.5) is 0 Å². The lowest BCUT2D eigenvalue weighted by Crippen LogP contribution is -1.74. The summed E-state index contributed by atoms with van der Waals surface area (Å²) in [6.45, 7) is 0. The Morgan fingerprint density at radius 2 is 1.71 bits per heavy atom. The SMILES string of the molecule is Oc1ccc2c(c1-c1ccccc1)O2. The zero-order valence-corrected chi connectivity index (χ0v) is 7.40. The van der Waals surface area contributed by atoms with E-state index in [1.807, 2.05) is 30.3 Å². The minimum atomic E-state index is 0.271. The molecule has 0 amide bonds. The third kappa shape index (κ3) is 0.973. The predicted octanol–water partition coefficient (Wildman–Crippen LogP) is 3.16. The van der Waals surface area contributed by atoms with Gasteiger partial charge < -0.3 is 9.84 Å². The molecule has 68 valence electrons. The van der Waals surface area contributed by atoms with E-state index in [2.05, 4.69) is 0 Å². The van der Waals surface area contributed by atoms with Crippen LogP contribution in [0, 0.1) is 0 Å². The second-order valence-electron chi connectivity index (χ2n) is 3.26. The van der Waals surface area contributed by atoms with Crippen LogP contribution in [0.15, 0.2) is 42.5 Å². The standard InChI is InChI=1S/C12H8O2/c13-9-6-7-10-12(14-10)11(9)8-4-2-1-3-5-8/h1-7,13H. The Kier molecular flexibility index (Phi) is 1.34. The van der Waals surface area contributed by atoms with E-state index in [1.54, 1.807) is 12.1 Å². The first-order valence-electron chi connectivity index (χ1n) is 4.45. The average molecular weight is 184 g/mol. The first-order chi connectivity index (χ1) is 6.86. The summed E-state index contributed by atoms with van der Waals surface area (Å²) in [6, 6.07) is 13.2. The van der Waals surface area contributed by atoms with E-state index in [4.69, 9.17) is 4.74 Å². The molecular weight excluding hydrogens is 176 g/mol. The molecule has 0 saturated heterocycles. The van der Waals surface area contributed by atoms with Gasteiger partial charge in [0.25, 0.3) is 0 Å². The molecule has 0 aromatic heterocycles. The summed E-state index contributed by atoms with van der Waals surface area (Å²) >= 11 is 0. The maximum Gasteiger partial charge on any atom is 0.181 e. The van der Waals surface area contributed by atoms with Gasteiger partial charge in [0.2, 0.25) is 0 Å². The van der Waals surface area contributed by atoms with E-state index in [9.17, 15) is 5.11 Å². The first kappa shape index (κ1) is 7.44. The molecule has 0 bridgehead atoms. The highest BCUT2D eigenvalue weighted by atomic mass is 16.6. The van der Waals surface area contributed by atoms with Gasteiger partial charge in [0.05, 0.1) is 5.56 Å². The molecular formula is C12H8O2. The number of aromatic hydroxyl groups is 1. The van der Waals surface area contributed by atoms with Gasteiger partial charge in [0.15, 0.2) is 11.5 Å². The third-order valence-corrected chi connectivity index (χ3v) is 2.33. The van der Waals surface area contributed by atoms with Crippen molar-refractivity contribution in [3.05, 3.63) is 42.5 Å². The van der Waals surface area contributed by atoms with Crippen molar-refractivity contribution in [2.75, 3.05) is 0 Å². The van der Waals surface area contributed by atoms with Crippen molar-refractivity contribution >= 4 is 0 Å². The maximum atomic E-state index is 9.70. The third-order valence-electron chi connectivity index (χ3n) is 2.33. The largest absolute Gasteiger partial charge is 0.507 e. The lowest BCUT2D eigenvalue weighted by atomic mass is 10.1. The van der Waals surface area contributed by atoms with E-state index in [-0.39, 0.29) is 5.75 Å². The van der Waals surface area contributed by atoms with Crippen LogP contribution in [-0.2, 0) is 0 Å². The number of phenols is 1. The van der Waals surface area contributed by atoms with Crippen molar-refractivity contribution in [1.82, 2.24) is 0 Å². The van der Waals surface area contributed by atoms with Gasteiger partial charge in [-0.3, -0.25) is 0 Å². The zero-order chi connectivity index (χ0) is 9.54. The lowest BCUT2D eigenvalue weighted by Gasteiger charge is -2.00. The molecule has 0 radical (unpaired) electrons. The number of fused-ring (bicyclic) bond motifs is 1. The van der Waals surface area contributed by atoms with Gasteiger partial charge in [-0.15, -0.1) is 0 Å². The van der Waals surface area contributed by atoms with Crippen molar-refractivity contribution in [1.29, 1.82) is 0 Å². The van der Waals surface area contributed by atoms with Gasteiger partial charge in [0, 0.05) is 0 Å². The summed E-state index contributed by atoms with van der Waals surface area (Å²) in [5.74, 6) is 1.94. The molecule has 1 aliphatic heterocycles. The molecule has 0 fully saturated rings. The molecule has 0 saturated carbocycles. The van der Waals surface area contributed by atoms with Crippen molar-refractivity contribution in [2.45, 2.75) is 0 Å². The topological polar surface area (TPSA) is 32.8 Å². The normalized spacial score (nSPS) is 11.7. The Hall–Kier alpha value is -1.96. The summed E-state index contributed by atoms with van der Waals surface area (Å²) in [5, 5.41) is 9.70.